The number of benzene rings is 1. The van der Waals surface area contributed by atoms with Crippen LogP contribution in [0.3, 0.4) is 0 Å². The van der Waals surface area contributed by atoms with Gasteiger partial charge in [-0.25, -0.2) is 4.79 Å². The molecule has 1 aromatic heterocycles. The summed E-state index contributed by atoms with van der Waals surface area (Å²) in [6, 6.07) is 6.69. The van der Waals surface area contributed by atoms with Crippen LogP contribution in [0.15, 0.2) is 41.4 Å². The molecule has 2 rings (SSSR count). The fraction of sp³-hybridized carbons (Fsp3) is 0.316. The van der Waals surface area contributed by atoms with E-state index in [4.69, 9.17) is 14.0 Å². The molecule has 1 N–H and O–H groups in total. The van der Waals surface area contributed by atoms with Crippen LogP contribution in [0.2, 0.25) is 0 Å². The van der Waals surface area contributed by atoms with Gasteiger partial charge in [0.1, 0.15) is 23.7 Å². The first kappa shape index (κ1) is 19.2. The molecule has 0 unspecified atom stereocenters. The standard InChI is InChI=1S/C19H22N2O5/c1-5-10-20-18(22)14(4)25-19(23)15-8-6-7-9-17(15)24-11-16-12(2)21-26-13(16)3/h5-9,14H,1,10-11H2,2-4H3,(H,20,22)/t14-/m0/s1. The molecule has 138 valence electrons. The maximum absolute atomic E-state index is 12.4. The molecular formula is C19H22N2O5. The van der Waals surface area contributed by atoms with Crippen molar-refractivity contribution in [3.8, 4) is 5.75 Å². The number of nitrogens with one attached hydrogen (secondary N) is 1. The van der Waals surface area contributed by atoms with Crippen molar-refractivity contribution in [3.05, 3.63) is 59.5 Å². The van der Waals surface area contributed by atoms with E-state index in [1.165, 1.54) is 6.92 Å². The van der Waals surface area contributed by atoms with Gasteiger partial charge in [-0.1, -0.05) is 23.4 Å². The molecule has 7 heteroatoms. The topological polar surface area (TPSA) is 90.7 Å². The van der Waals surface area contributed by atoms with Crippen molar-refractivity contribution in [2.24, 2.45) is 0 Å². The first-order chi connectivity index (χ1) is 12.4. The summed E-state index contributed by atoms with van der Waals surface area (Å²) in [6.45, 7) is 9.14. The third-order valence-electron chi connectivity index (χ3n) is 3.73. The molecule has 7 nitrogen and oxygen atoms in total. The highest BCUT2D eigenvalue weighted by Gasteiger charge is 2.21. The Bertz CT molecular complexity index is 777. The molecule has 0 bridgehead atoms. The number of ether oxygens (including phenoxy) is 2. The lowest BCUT2D eigenvalue weighted by atomic mass is 10.2. The third kappa shape index (κ3) is 4.72. The Morgan fingerprint density at radius 1 is 1.35 bits per heavy atom. The second kappa shape index (κ2) is 8.84. The molecule has 2 aromatic rings. The highest BCUT2D eigenvalue weighted by molar-refractivity contribution is 5.94. The summed E-state index contributed by atoms with van der Waals surface area (Å²) in [6.07, 6.45) is 0.614. The van der Waals surface area contributed by atoms with E-state index in [0.717, 1.165) is 11.3 Å². The summed E-state index contributed by atoms with van der Waals surface area (Å²) in [5.41, 5.74) is 1.79. The number of carbonyl (C=O) groups is 2. The van der Waals surface area contributed by atoms with E-state index in [2.05, 4.69) is 17.1 Å². The van der Waals surface area contributed by atoms with Crippen LogP contribution in [0.1, 0.15) is 34.3 Å². The van der Waals surface area contributed by atoms with Crippen molar-refractivity contribution in [2.75, 3.05) is 6.54 Å². The van der Waals surface area contributed by atoms with Gasteiger partial charge in [0.25, 0.3) is 5.91 Å². The zero-order valence-electron chi connectivity index (χ0n) is 15.1. The maximum Gasteiger partial charge on any atom is 0.342 e. The first-order valence-electron chi connectivity index (χ1n) is 8.17. The summed E-state index contributed by atoms with van der Waals surface area (Å²) in [7, 11) is 0. The number of aryl methyl sites for hydroxylation is 2. The smallest absolute Gasteiger partial charge is 0.342 e. The zero-order valence-corrected chi connectivity index (χ0v) is 15.1. The van der Waals surface area contributed by atoms with Crippen LogP contribution in [0.5, 0.6) is 5.75 Å². The average Bonchev–Trinajstić information content (AvgIpc) is 2.95. The van der Waals surface area contributed by atoms with Crippen LogP contribution in [0.25, 0.3) is 0 Å². The van der Waals surface area contributed by atoms with E-state index in [0.29, 0.717) is 18.1 Å². The molecule has 1 aromatic carbocycles. The Morgan fingerprint density at radius 3 is 2.73 bits per heavy atom. The Hall–Kier alpha value is -3.09. The van der Waals surface area contributed by atoms with Gasteiger partial charge in [0, 0.05) is 6.54 Å². The zero-order chi connectivity index (χ0) is 19.1. The maximum atomic E-state index is 12.4. The van der Waals surface area contributed by atoms with Crippen molar-refractivity contribution < 1.29 is 23.6 Å². The number of nitrogens with zero attached hydrogens (tertiary/aromatic N) is 1. The molecule has 0 aliphatic rings. The average molecular weight is 358 g/mol. The summed E-state index contributed by atoms with van der Waals surface area (Å²) < 4.78 is 16.1. The quantitative estimate of drug-likeness (QED) is 0.576. The van der Waals surface area contributed by atoms with E-state index in [9.17, 15) is 9.59 Å². The van der Waals surface area contributed by atoms with Crippen molar-refractivity contribution in [1.29, 1.82) is 0 Å². The molecule has 0 aliphatic carbocycles. The van der Waals surface area contributed by atoms with E-state index in [1.54, 1.807) is 37.3 Å². The Morgan fingerprint density at radius 2 is 2.08 bits per heavy atom. The Balaban J connectivity index is 2.06. The van der Waals surface area contributed by atoms with Crippen LogP contribution in [-0.4, -0.2) is 29.7 Å². The molecule has 0 radical (unpaired) electrons. The largest absolute Gasteiger partial charge is 0.488 e. The lowest BCUT2D eigenvalue weighted by Gasteiger charge is -2.15. The summed E-state index contributed by atoms with van der Waals surface area (Å²) in [5, 5.41) is 6.45. The van der Waals surface area contributed by atoms with Crippen LogP contribution in [-0.2, 0) is 16.1 Å². The van der Waals surface area contributed by atoms with Crippen molar-refractivity contribution >= 4 is 11.9 Å². The van der Waals surface area contributed by atoms with Crippen molar-refractivity contribution in [3.63, 3.8) is 0 Å². The molecule has 0 saturated heterocycles. The first-order valence-corrected chi connectivity index (χ1v) is 8.17. The summed E-state index contributed by atoms with van der Waals surface area (Å²) >= 11 is 0. The number of carbonyl (C=O) groups excluding carboxylic acids is 2. The van der Waals surface area contributed by atoms with E-state index >= 15 is 0 Å². The highest BCUT2D eigenvalue weighted by atomic mass is 16.5. The van der Waals surface area contributed by atoms with Crippen LogP contribution in [0.4, 0.5) is 0 Å². The van der Waals surface area contributed by atoms with Gasteiger partial charge in [0.2, 0.25) is 0 Å². The molecule has 0 fully saturated rings. The van der Waals surface area contributed by atoms with Gasteiger partial charge in [-0.2, -0.15) is 0 Å². The molecule has 0 spiro atoms. The number of para-hydroxylation sites is 1. The van der Waals surface area contributed by atoms with E-state index in [-0.39, 0.29) is 12.2 Å². The van der Waals surface area contributed by atoms with Gasteiger partial charge < -0.3 is 19.3 Å². The third-order valence-corrected chi connectivity index (χ3v) is 3.73. The van der Waals surface area contributed by atoms with Crippen molar-refractivity contribution in [1.82, 2.24) is 10.5 Å². The van der Waals surface area contributed by atoms with Crippen molar-refractivity contribution in [2.45, 2.75) is 33.5 Å². The number of hydrogen-bond donors (Lipinski definition) is 1. The monoisotopic (exact) mass is 358 g/mol. The predicted octanol–water partition coefficient (Wildman–Crippen LogP) is 2.72. The summed E-state index contributed by atoms with van der Waals surface area (Å²) in [5.74, 6) is -0.0146. The molecule has 0 saturated carbocycles. The number of amides is 1. The number of aromatic nitrogens is 1. The molecule has 1 amide bonds. The minimum absolute atomic E-state index is 0.209. The predicted molar refractivity (Wildman–Crippen MR) is 94.8 cm³/mol. The van der Waals surface area contributed by atoms with Gasteiger partial charge in [-0.3, -0.25) is 4.79 Å². The second-order valence-corrected chi connectivity index (χ2v) is 5.67. The highest BCUT2D eigenvalue weighted by Crippen LogP contribution is 2.22. The normalized spacial score (nSPS) is 11.5. The van der Waals surface area contributed by atoms with E-state index in [1.807, 2.05) is 6.92 Å². The lowest BCUT2D eigenvalue weighted by molar-refractivity contribution is -0.128. The Kier molecular flexibility index (Phi) is 6.54. The fourth-order valence-corrected chi connectivity index (χ4v) is 2.21. The molecule has 1 heterocycles. The minimum Gasteiger partial charge on any atom is -0.488 e. The number of esters is 1. The van der Waals surface area contributed by atoms with Gasteiger partial charge in [-0.05, 0) is 32.9 Å². The molecule has 26 heavy (non-hydrogen) atoms. The molecule has 0 aliphatic heterocycles. The molecule has 1 atom stereocenters. The van der Waals surface area contributed by atoms with Crippen LogP contribution in [0, 0.1) is 13.8 Å². The van der Waals surface area contributed by atoms with Gasteiger partial charge >= 0.3 is 5.97 Å². The lowest BCUT2D eigenvalue weighted by Crippen LogP contribution is -2.35. The van der Waals surface area contributed by atoms with Crippen LogP contribution < -0.4 is 10.1 Å². The Labute approximate surface area is 152 Å². The number of rotatable bonds is 8. The van der Waals surface area contributed by atoms with Gasteiger partial charge in [0.05, 0.1) is 11.3 Å². The molecular weight excluding hydrogens is 336 g/mol. The van der Waals surface area contributed by atoms with Gasteiger partial charge in [-0.15, -0.1) is 6.58 Å². The second-order valence-electron chi connectivity index (χ2n) is 5.67. The van der Waals surface area contributed by atoms with Crippen LogP contribution >= 0.6 is 0 Å². The van der Waals surface area contributed by atoms with Gasteiger partial charge in [0.15, 0.2) is 6.10 Å². The number of hydrogen-bond acceptors (Lipinski definition) is 6. The SMILES string of the molecule is C=CCNC(=O)[C@H](C)OC(=O)c1ccccc1OCc1c(C)noc1C. The van der Waals surface area contributed by atoms with E-state index < -0.39 is 18.0 Å². The minimum atomic E-state index is -0.932. The summed E-state index contributed by atoms with van der Waals surface area (Å²) in [4.78, 5) is 24.2. The fourth-order valence-electron chi connectivity index (χ4n) is 2.21.